The lowest BCUT2D eigenvalue weighted by atomic mass is 10.1. The fraction of sp³-hybridized carbons (Fsp3) is 0.211. The molecule has 0 fully saturated rings. The van der Waals surface area contributed by atoms with Crippen LogP contribution >= 0.6 is 0 Å². The molecule has 0 aromatic heterocycles. The van der Waals surface area contributed by atoms with Gasteiger partial charge in [0.05, 0.1) is 17.2 Å². The van der Waals surface area contributed by atoms with Crippen LogP contribution in [-0.2, 0) is 4.79 Å². The monoisotopic (exact) mass is 392 g/mol. The Morgan fingerprint density at radius 1 is 1.04 bits per heavy atom. The average molecular weight is 392 g/mol. The lowest BCUT2D eigenvalue weighted by Crippen LogP contribution is -2.41. The normalized spacial score (nSPS) is 14.6. The maximum absolute atomic E-state index is 12.3. The minimum Gasteiger partial charge on any atom is -0.406 e. The van der Waals surface area contributed by atoms with E-state index in [0.717, 1.165) is 17.0 Å². The highest BCUT2D eigenvalue weighted by Crippen LogP contribution is 2.25. The van der Waals surface area contributed by atoms with Crippen LogP contribution in [-0.4, -0.2) is 35.5 Å². The second-order valence-electron chi connectivity index (χ2n) is 6.15. The van der Waals surface area contributed by atoms with Crippen molar-refractivity contribution >= 4 is 17.7 Å². The molecule has 0 saturated carbocycles. The first-order valence-electron chi connectivity index (χ1n) is 8.26. The lowest BCUT2D eigenvalue weighted by molar-refractivity contribution is -0.274. The highest BCUT2D eigenvalue weighted by Gasteiger charge is 2.36. The standard InChI is InChI=1S/C19H15F3N2O4/c1-11(12-6-8-13(9-7-12)28-19(20,21)22)23-16(25)10-24-17(26)14-4-2-3-5-15(14)18(24)27/h2-9,11H,10H2,1H3,(H,23,25)/t11-/m0/s1. The maximum Gasteiger partial charge on any atom is 0.573 e. The van der Waals surface area contributed by atoms with Crippen molar-refractivity contribution in [3.8, 4) is 5.75 Å². The number of amides is 3. The van der Waals surface area contributed by atoms with Crippen LogP contribution in [0.15, 0.2) is 48.5 Å². The zero-order chi connectivity index (χ0) is 20.5. The molecule has 0 aliphatic carbocycles. The Morgan fingerprint density at radius 3 is 2.07 bits per heavy atom. The number of rotatable bonds is 5. The SMILES string of the molecule is C[C@H](NC(=O)CN1C(=O)c2ccccc2C1=O)c1ccc(OC(F)(F)F)cc1. The summed E-state index contributed by atoms with van der Waals surface area (Å²) in [6.07, 6.45) is -4.78. The van der Waals surface area contributed by atoms with E-state index in [9.17, 15) is 27.6 Å². The molecule has 0 saturated heterocycles. The Balaban J connectivity index is 1.61. The van der Waals surface area contributed by atoms with Crippen LogP contribution in [0.1, 0.15) is 39.2 Å². The molecule has 6 nitrogen and oxygen atoms in total. The van der Waals surface area contributed by atoms with E-state index >= 15 is 0 Å². The van der Waals surface area contributed by atoms with Gasteiger partial charge in [-0.2, -0.15) is 0 Å². The molecule has 1 atom stereocenters. The molecule has 1 aliphatic heterocycles. The highest BCUT2D eigenvalue weighted by atomic mass is 19.4. The van der Waals surface area contributed by atoms with Crippen molar-refractivity contribution in [1.82, 2.24) is 10.2 Å². The molecule has 3 amide bonds. The van der Waals surface area contributed by atoms with Gasteiger partial charge >= 0.3 is 6.36 Å². The molecule has 0 spiro atoms. The summed E-state index contributed by atoms with van der Waals surface area (Å²) in [6.45, 7) is 1.17. The van der Waals surface area contributed by atoms with Crippen molar-refractivity contribution in [2.75, 3.05) is 6.54 Å². The summed E-state index contributed by atoms with van der Waals surface area (Å²) in [5.74, 6) is -2.03. The Bertz CT molecular complexity index is 891. The van der Waals surface area contributed by atoms with Gasteiger partial charge in [-0.05, 0) is 36.8 Å². The summed E-state index contributed by atoms with van der Waals surface area (Å²) < 4.78 is 40.4. The molecule has 1 N–H and O–H groups in total. The van der Waals surface area contributed by atoms with Crippen LogP contribution in [0, 0.1) is 0 Å². The van der Waals surface area contributed by atoms with E-state index < -0.39 is 36.7 Å². The Hall–Kier alpha value is -3.36. The maximum atomic E-state index is 12.3. The summed E-state index contributed by atoms with van der Waals surface area (Å²) in [4.78, 5) is 37.6. The predicted molar refractivity (Wildman–Crippen MR) is 91.5 cm³/mol. The third-order valence-corrected chi connectivity index (χ3v) is 4.17. The van der Waals surface area contributed by atoms with Gasteiger partial charge in [-0.25, -0.2) is 0 Å². The molecule has 3 rings (SSSR count). The molecule has 1 heterocycles. The van der Waals surface area contributed by atoms with Gasteiger partial charge in [-0.15, -0.1) is 13.2 Å². The highest BCUT2D eigenvalue weighted by molar-refractivity contribution is 6.22. The lowest BCUT2D eigenvalue weighted by Gasteiger charge is -2.18. The van der Waals surface area contributed by atoms with Crippen LogP contribution in [0.2, 0.25) is 0 Å². The van der Waals surface area contributed by atoms with Crippen molar-refractivity contribution in [1.29, 1.82) is 0 Å². The van der Waals surface area contributed by atoms with Gasteiger partial charge in [0, 0.05) is 0 Å². The van der Waals surface area contributed by atoms with Gasteiger partial charge in [0.1, 0.15) is 12.3 Å². The number of hydrogen-bond acceptors (Lipinski definition) is 4. The first kappa shape index (κ1) is 19.4. The molecule has 0 bridgehead atoms. The largest absolute Gasteiger partial charge is 0.573 e. The smallest absolute Gasteiger partial charge is 0.406 e. The molecule has 1 aliphatic rings. The first-order chi connectivity index (χ1) is 13.2. The van der Waals surface area contributed by atoms with Crippen LogP contribution in [0.4, 0.5) is 13.2 Å². The fourth-order valence-corrected chi connectivity index (χ4v) is 2.85. The van der Waals surface area contributed by atoms with Gasteiger partial charge in [0.2, 0.25) is 5.91 Å². The van der Waals surface area contributed by atoms with Crippen molar-refractivity contribution in [3.63, 3.8) is 0 Å². The molecular formula is C19H15F3N2O4. The number of benzene rings is 2. The topological polar surface area (TPSA) is 75.7 Å². The summed E-state index contributed by atoms with van der Waals surface area (Å²) in [5, 5.41) is 2.61. The molecule has 28 heavy (non-hydrogen) atoms. The van der Waals surface area contributed by atoms with Gasteiger partial charge in [-0.1, -0.05) is 24.3 Å². The number of carbonyl (C=O) groups is 3. The Labute approximate surface area is 157 Å². The summed E-state index contributed by atoms with van der Waals surface area (Å²) in [7, 11) is 0. The van der Waals surface area contributed by atoms with E-state index in [4.69, 9.17) is 0 Å². The van der Waals surface area contributed by atoms with Crippen molar-refractivity contribution in [2.45, 2.75) is 19.3 Å². The van der Waals surface area contributed by atoms with E-state index in [0.29, 0.717) is 5.56 Å². The molecule has 2 aromatic rings. The number of carbonyl (C=O) groups excluding carboxylic acids is 3. The van der Waals surface area contributed by atoms with Crippen LogP contribution in [0.3, 0.4) is 0 Å². The predicted octanol–water partition coefficient (Wildman–Crippen LogP) is 3.06. The van der Waals surface area contributed by atoms with Crippen molar-refractivity contribution in [3.05, 3.63) is 65.2 Å². The molecule has 0 unspecified atom stereocenters. The van der Waals surface area contributed by atoms with E-state index in [1.165, 1.54) is 24.3 Å². The van der Waals surface area contributed by atoms with Gasteiger partial charge in [-0.3, -0.25) is 19.3 Å². The van der Waals surface area contributed by atoms with Gasteiger partial charge in [0.15, 0.2) is 0 Å². The molecule has 9 heteroatoms. The summed E-state index contributed by atoms with van der Waals surface area (Å²) in [5.41, 5.74) is 1.02. The number of ether oxygens (including phenoxy) is 1. The van der Waals surface area contributed by atoms with E-state index in [-0.39, 0.29) is 16.9 Å². The number of halogens is 3. The van der Waals surface area contributed by atoms with E-state index in [2.05, 4.69) is 10.1 Å². The summed E-state index contributed by atoms with van der Waals surface area (Å²) in [6, 6.07) is 10.8. The van der Waals surface area contributed by atoms with Crippen molar-refractivity contribution in [2.24, 2.45) is 0 Å². The van der Waals surface area contributed by atoms with Gasteiger partial charge in [0.25, 0.3) is 11.8 Å². The fourth-order valence-electron chi connectivity index (χ4n) is 2.85. The van der Waals surface area contributed by atoms with E-state index in [1.54, 1.807) is 19.1 Å². The third kappa shape index (κ3) is 4.13. The quantitative estimate of drug-likeness (QED) is 0.794. The van der Waals surface area contributed by atoms with Crippen LogP contribution in [0.5, 0.6) is 5.75 Å². The molecule has 2 aromatic carbocycles. The minimum absolute atomic E-state index is 0.244. The average Bonchev–Trinajstić information content (AvgIpc) is 2.86. The van der Waals surface area contributed by atoms with Gasteiger partial charge < -0.3 is 10.1 Å². The Kier molecular flexibility index (Phi) is 5.08. The number of nitrogens with zero attached hydrogens (tertiary/aromatic N) is 1. The molecule has 0 radical (unpaired) electrons. The minimum atomic E-state index is -4.78. The second-order valence-corrected chi connectivity index (χ2v) is 6.15. The number of hydrogen-bond donors (Lipinski definition) is 1. The van der Waals surface area contributed by atoms with Crippen LogP contribution < -0.4 is 10.1 Å². The van der Waals surface area contributed by atoms with E-state index in [1.807, 2.05) is 0 Å². The number of alkyl halides is 3. The first-order valence-corrected chi connectivity index (χ1v) is 8.26. The van der Waals surface area contributed by atoms with Crippen molar-refractivity contribution < 1.29 is 32.3 Å². The zero-order valence-electron chi connectivity index (χ0n) is 14.6. The number of nitrogens with one attached hydrogen (secondary N) is 1. The summed E-state index contributed by atoms with van der Waals surface area (Å²) >= 11 is 0. The third-order valence-electron chi connectivity index (χ3n) is 4.17. The number of fused-ring (bicyclic) bond motifs is 1. The second kappa shape index (κ2) is 7.34. The number of imide groups is 1. The zero-order valence-corrected chi connectivity index (χ0v) is 14.6. The Morgan fingerprint density at radius 2 is 1.57 bits per heavy atom. The molecular weight excluding hydrogens is 377 g/mol. The molecule has 146 valence electrons. The van der Waals surface area contributed by atoms with Crippen LogP contribution in [0.25, 0.3) is 0 Å².